The fourth-order valence-corrected chi connectivity index (χ4v) is 5.70. The Morgan fingerprint density at radius 3 is 2.33 bits per heavy atom. The van der Waals surface area contributed by atoms with Gasteiger partial charge in [-0.1, -0.05) is 25.9 Å². The number of rotatable bonds is 3. The molecule has 1 aliphatic heterocycles. The van der Waals surface area contributed by atoms with E-state index in [9.17, 15) is 0 Å². The van der Waals surface area contributed by atoms with Crippen LogP contribution in [0.2, 0.25) is 12.1 Å². The zero-order valence-corrected chi connectivity index (χ0v) is 9.88. The van der Waals surface area contributed by atoms with Gasteiger partial charge >= 0.3 is 0 Å². The van der Waals surface area contributed by atoms with E-state index in [-0.39, 0.29) is 0 Å². The van der Waals surface area contributed by atoms with Crippen LogP contribution in [0.3, 0.4) is 0 Å². The zero-order chi connectivity index (χ0) is 9.03. The lowest BCUT2D eigenvalue weighted by molar-refractivity contribution is -0.0106. The van der Waals surface area contributed by atoms with Crippen LogP contribution in [0.1, 0.15) is 40.0 Å². The molecule has 0 radical (unpaired) electrons. The molecule has 1 rings (SSSR count). The molecule has 0 aromatic heterocycles. The third-order valence-electron chi connectivity index (χ3n) is 3.35. The third-order valence-corrected chi connectivity index (χ3v) is 7.50. The summed E-state index contributed by atoms with van der Waals surface area (Å²) < 4.78 is 5.97. The Morgan fingerprint density at radius 1 is 1.25 bits per heavy atom. The largest absolute Gasteiger partial charge is 0.379 e. The topological polar surface area (TPSA) is 9.23 Å². The van der Waals surface area contributed by atoms with Gasteiger partial charge in [-0.3, -0.25) is 0 Å². The summed E-state index contributed by atoms with van der Waals surface area (Å²) in [7, 11) is -0.611. The summed E-state index contributed by atoms with van der Waals surface area (Å²) in [6.07, 6.45) is 4.00. The van der Waals surface area contributed by atoms with Crippen molar-refractivity contribution >= 4 is 8.80 Å². The fourth-order valence-electron chi connectivity index (χ4n) is 2.43. The van der Waals surface area contributed by atoms with Crippen LogP contribution in [0.4, 0.5) is 0 Å². The summed E-state index contributed by atoms with van der Waals surface area (Å²) in [5.74, 6) is 0. The van der Waals surface area contributed by atoms with Crippen LogP contribution in [0, 0.1) is 0 Å². The van der Waals surface area contributed by atoms with Crippen molar-refractivity contribution in [3.8, 4) is 0 Å². The van der Waals surface area contributed by atoms with Crippen LogP contribution in [-0.4, -0.2) is 20.6 Å². The second kappa shape index (κ2) is 4.42. The molecule has 1 aliphatic rings. The Bertz CT molecular complexity index is 126. The third kappa shape index (κ3) is 2.11. The first-order valence-electron chi connectivity index (χ1n) is 5.37. The minimum Gasteiger partial charge on any atom is -0.379 e. The molecule has 1 nitrogen and oxygen atoms in total. The first kappa shape index (κ1) is 10.3. The average Bonchev–Trinajstić information content (AvgIpc) is 2.07. The van der Waals surface area contributed by atoms with E-state index in [1.807, 2.05) is 0 Å². The van der Waals surface area contributed by atoms with Crippen molar-refractivity contribution < 1.29 is 4.74 Å². The van der Waals surface area contributed by atoms with Crippen LogP contribution in [0.5, 0.6) is 0 Å². The van der Waals surface area contributed by atoms with Crippen LogP contribution >= 0.6 is 0 Å². The van der Waals surface area contributed by atoms with Crippen LogP contribution < -0.4 is 0 Å². The molecule has 1 saturated heterocycles. The van der Waals surface area contributed by atoms with Gasteiger partial charge in [0.25, 0.3) is 0 Å². The second-order valence-corrected chi connectivity index (χ2v) is 8.38. The minimum absolute atomic E-state index is 0.335. The van der Waals surface area contributed by atoms with E-state index >= 15 is 0 Å². The molecular weight excluding hydrogens is 164 g/mol. The maximum Gasteiger partial charge on any atom is 0.0747 e. The van der Waals surface area contributed by atoms with Crippen molar-refractivity contribution in [2.75, 3.05) is 6.61 Å². The predicted molar refractivity (Wildman–Crippen MR) is 56.3 cm³/mol. The molecule has 12 heavy (non-hydrogen) atoms. The quantitative estimate of drug-likeness (QED) is 0.616. The van der Waals surface area contributed by atoms with Gasteiger partial charge in [0.05, 0.1) is 14.0 Å². The van der Waals surface area contributed by atoms with Crippen molar-refractivity contribution in [2.24, 2.45) is 0 Å². The molecule has 0 bridgehead atoms. The van der Waals surface area contributed by atoms with Crippen LogP contribution in [0.25, 0.3) is 0 Å². The zero-order valence-electron chi connectivity index (χ0n) is 8.73. The van der Waals surface area contributed by atoms with E-state index in [0.717, 1.165) is 6.61 Å². The molecule has 2 heteroatoms. The van der Waals surface area contributed by atoms with Crippen LogP contribution in [-0.2, 0) is 4.74 Å². The van der Waals surface area contributed by atoms with Crippen molar-refractivity contribution in [2.45, 2.75) is 57.3 Å². The summed E-state index contributed by atoms with van der Waals surface area (Å²) in [6.45, 7) is 8.04. The Balaban J connectivity index is 2.53. The molecule has 1 unspecified atom stereocenters. The Hall–Kier alpha value is 0.177. The normalized spacial score (nSPS) is 31.0. The Labute approximate surface area is 78.1 Å². The lowest BCUT2D eigenvalue weighted by atomic mass is 10.1. The summed E-state index contributed by atoms with van der Waals surface area (Å²) in [6, 6.07) is 2.79. The monoisotopic (exact) mass is 186 g/mol. The summed E-state index contributed by atoms with van der Waals surface area (Å²) in [5.41, 5.74) is 0. The summed E-state index contributed by atoms with van der Waals surface area (Å²) in [4.78, 5) is 0. The highest BCUT2D eigenvalue weighted by Gasteiger charge is 2.35. The second-order valence-electron chi connectivity index (χ2n) is 4.13. The van der Waals surface area contributed by atoms with Crippen molar-refractivity contribution in [1.29, 1.82) is 0 Å². The molecule has 0 saturated carbocycles. The molecule has 0 amide bonds. The van der Waals surface area contributed by atoms with E-state index in [2.05, 4.69) is 20.8 Å². The fraction of sp³-hybridized carbons (Fsp3) is 1.00. The van der Waals surface area contributed by atoms with Gasteiger partial charge in [-0.05, 0) is 26.2 Å². The molecule has 0 spiro atoms. The van der Waals surface area contributed by atoms with Crippen molar-refractivity contribution in [3.05, 3.63) is 0 Å². The van der Waals surface area contributed by atoms with E-state index in [1.165, 1.54) is 31.4 Å². The molecule has 0 N–H and O–H groups in total. The van der Waals surface area contributed by atoms with E-state index in [4.69, 9.17) is 4.74 Å². The SMILES string of the molecule is CC[SiH](CC)C1(C)CCCCO1. The van der Waals surface area contributed by atoms with Crippen LogP contribution in [0.15, 0.2) is 0 Å². The van der Waals surface area contributed by atoms with Crippen molar-refractivity contribution in [3.63, 3.8) is 0 Å². The van der Waals surface area contributed by atoms with E-state index in [1.54, 1.807) is 0 Å². The molecule has 1 atom stereocenters. The Kier molecular flexibility index (Phi) is 3.78. The highest BCUT2D eigenvalue weighted by atomic mass is 28.3. The highest BCUT2D eigenvalue weighted by Crippen LogP contribution is 2.30. The summed E-state index contributed by atoms with van der Waals surface area (Å²) >= 11 is 0. The standard InChI is InChI=1S/C10H22OSi/c1-4-12(5-2)10(3)8-6-7-9-11-10/h12H,4-9H2,1-3H3. The van der Waals surface area contributed by atoms with Gasteiger partial charge in [-0.2, -0.15) is 0 Å². The van der Waals surface area contributed by atoms with Gasteiger partial charge in [0.2, 0.25) is 0 Å². The molecule has 72 valence electrons. The first-order chi connectivity index (χ1) is 5.73. The van der Waals surface area contributed by atoms with E-state index < -0.39 is 8.80 Å². The lowest BCUT2D eigenvalue weighted by Gasteiger charge is -2.39. The average molecular weight is 186 g/mol. The molecule has 0 aromatic carbocycles. The van der Waals surface area contributed by atoms with Crippen molar-refractivity contribution in [1.82, 2.24) is 0 Å². The van der Waals surface area contributed by atoms with E-state index in [0.29, 0.717) is 5.22 Å². The number of ether oxygens (including phenoxy) is 1. The maximum atomic E-state index is 5.97. The predicted octanol–water partition coefficient (Wildman–Crippen LogP) is 2.75. The molecular formula is C10H22OSi. The van der Waals surface area contributed by atoms with Gasteiger partial charge in [0, 0.05) is 6.61 Å². The van der Waals surface area contributed by atoms with Gasteiger partial charge in [0.15, 0.2) is 0 Å². The molecule has 1 fully saturated rings. The van der Waals surface area contributed by atoms with Gasteiger partial charge < -0.3 is 4.74 Å². The molecule has 0 aliphatic carbocycles. The van der Waals surface area contributed by atoms with Gasteiger partial charge in [-0.15, -0.1) is 0 Å². The summed E-state index contributed by atoms with van der Waals surface area (Å²) in [5, 5.41) is 0.335. The Morgan fingerprint density at radius 2 is 1.92 bits per heavy atom. The smallest absolute Gasteiger partial charge is 0.0747 e. The molecule has 1 heterocycles. The number of hydrogen-bond acceptors (Lipinski definition) is 1. The lowest BCUT2D eigenvalue weighted by Crippen LogP contribution is -2.47. The minimum atomic E-state index is -0.611. The molecule has 0 aromatic rings. The number of hydrogen-bond donors (Lipinski definition) is 0. The highest BCUT2D eigenvalue weighted by molar-refractivity contribution is 6.61. The maximum absolute atomic E-state index is 5.97. The van der Waals surface area contributed by atoms with Gasteiger partial charge in [0.1, 0.15) is 0 Å². The van der Waals surface area contributed by atoms with Gasteiger partial charge in [-0.25, -0.2) is 0 Å². The first-order valence-corrected chi connectivity index (χ1v) is 7.58.